The van der Waals surface area contributed by atoms with Crippen molar-refractivity contribution in [2.24, 2.45) is 4.99 Å². The summed E-state index contributed by atoms with van der Waals surface area (Å²) in [5.74, 6) is 0.203. The normalized spacial score (nSPS) is 13.7. The predicted molar refractivity (Wildman–Crippen MR) is 121 cm³/mol. The fourth-order valence-electron chi connectivity index (χ4n) is 3.21. The third-order valence-corrected chi connectivity index (χ3v) is 7.05. The van der Waals surface area contributed by atoms with Gasteiger partial charge in [0.2, 0.25) is 0 Å². The number of amidine groups is 1. The minimum absolute atomic E-state index is 0.0832. The molecule has 3 aromatic rings. The monoisotopic (exact) mass is 439 g/mol. The number of thiophene rings is 1. The van der Waals surface area contributed by atoms with Gasteiger partial charge in [-0.2, -0.15) is 0 Å². The zero-order valence-corrected chi connectivity index (χ0v) is 18.0. The maximum absolute atomic E-state index is 12.9. The van der Waals surface area contributed by atoms with E-state index in [2.05, 4.69) is 15.0 Å². The summed E-state index contributed by atoms with van der Waals surface area (Å²) in [6.07, 6.45) is 1.47. The number of rotatable bonds is 5. The summed E-state index contributed by atoms with van der Waals surface area (Å²) in [6.45, 7) is 2.65. The number of aryl methyl sites for hydroxylation is 1. The lowest BCUT2D eigenvalue weighted by atomic mass is 10.0. The number of aliphatic imine (C=N–C) groups is 1. The second-order valence-corrected chi connectivity index (χ2v) is 9.65. The van der Waals surface area contributed by atoms with Crippen LogP contribution in [0.4, 0.5) is 5.69 Å². The number of nitrogens with zero attached hydrogens (tertiary/aromatic N) is 1. The first-order valence-corrected chi connectivity index (χ1v) is 11.9. The van der Waals surface area contributed by atoms with E-state index in [4.69, 9.17) is 0 Å². The van der Waals surface area contributed by atoms with E-state index < -0.39 is 10.0 Å². The average molecular weight is 440 g/mol. The number of sulfonamides is 1. The van der Waals surface area contributed by atoms with Crippen LogP contribution in [0.15, 0.2) is 69.9 Å². The van der Waals surface area contributed by atoms with Gasteiger partial charge in [0.05, 0.1) is 9.77 Å². The van der Waals surface area contributed by atoms with Gasteiger partial charge in [0.25, 0.3) is 15.9 Å². The number of anilines is 1. The molecule has 0 spiro atoms. The van der Waals surface area contributed by atoms with Gasteiger partial charge in [-0.3, -0.25) is 14.5 Å². The molecule has 6 nitrogen and oxygen atoms in total. The van der Waals surface area contributed by atoms with Crippen LogP contribution in [0.25, 0.3) is 11.1 Å². The molecule has 8 heteroatoms. The number of carbonyl (C=O) groups excluding carboxylic acids is 1. The second-order valence-electron chi connectivity index (χ2n) is 7.05. The van der Waals surface area contributed by atoms with Gasteiger partial charge in [-0.05, 0) is 48.6 Å². The zero-order valence-electron chi connectivity index (χ0n) is 16.4. The topological polar surface area (TPSA) is 87.6 Å². The van der Waals surface area contributed by atoms with Crippen molar-refractivity contribution in [3.05, 3.63) is 70.4 Å². The Balaban J connectivity index is 1.54. The molecule has 1 aliphatic heterocycles. The van der Waals surface area contributed by atoms with Crippen LogP contribution < -0.4 is 10.0 Å². The Morgan fingerprint density at radius 3 is 2.63 bits per heavy atom. The first-order valence-electron chi connectivity index (χ1n) is 9.54. The van der Waals surface area contributed by atoms with Gasteiger partial charge in [0.15, 0.2) is 0 Å². The number of hydrogen-bond donors (Lipinski definition) is 2. The van der Waals surface area contributed by atoms with Gasteiger partial charge >= 0.3 is 0 Å². The molecule has 1 aliphatic rings. The van der Waals surface area contributed by atoms with Gasteiger partial charge in [-0.1, -0.05) is 35.9 Å². The molecule has 4 rings (SSSR count). The number of nitrogens with one attached hydrogen (secondary N) is 2. The minimum Gasteiger partial charge on any atom is -0.321 e. The Morgan fingerprint density at radius 1 is 1.10 bits per heavy atom. The minimum atomic E-state index is -3.74. The van der Waals surface area contributed by atoms with Gasteiger partial charge in [0.1, 0.15) is 5.84 Å². The number of carbonyl (C=O) groups is 1. The lowest BCUT2D eigenvalue weighted by Crippen LogP contribution is -2.29. The molecule has 0 saturated heterocycles. The van der Waals surface area contributed by atoms with Gasteiger partial charge in [-0.25, -0.2) is 8.42 Å². The Bertz CT molecular complexity index is 1210. The van der Waals surface area contributed by atoms with Crippen LogP contribution >= 0.6 is 11.3 Å². The van der Waals surface area contributed by atoms with Crippen LogP contribution in [-0.4, -0.2) is 26.7 Å². The highest BCUT2D eigenvalue weighted by Crippen LogP contribution is 2.29. The lowest BCUT2D eigenvalue weighted by molar-refractivity contribution is 0.103. The van der Waals surface area contributed by atoms with E-state index in [0.29, 0.717) is 29.4 Å². The zero-order chi connectivity index (χ0) is 21.1. The highest BCUT2D eigenvalue weighted by molar-refractivity contribution is 7.90. The lowest BCUT2D eigenvalue weighted by Gasteiger charge is -2.10. The maximum Gasteiger partial charge on any atom is 0.266 e. The van der Waals surface area contributed by atoms with E-state index in [0.717, 1.165) is 23.1 Å². The van der Waals surface area contributed by atoms with Gasteiger partial charge < -0.3 is 5.32 Å². The molecule has 0 saturated carbocycles. The molecule has 1 amide bonds. The van der Waals surface area contributed by atoms with E-state index in [9.17, 15) is 13.2 Å². The summed E-state index contributed by atoms with van der Waals surface area (Å²) in [5, 5.41) is 4.69. The summed E-state index contributed by atoms with van der Waals surface area (Å²) in [6, 6.07) is 16.1. The predicted octanol–water partition coefficient (Wildman–Crippen LogP) is 4.45. The van der Waals surface area contributed by atoms with Crippen molar-refractivity contribution in [2.45, 2.75) is 24.7 Å². The summed E-state index contributed by atoms with van der Waals surface area (Å²) < 4.78 is 27.8. The third kappa shape index (κ3) is 4.44. The first-order chi connectivity index (χ1) is 14.4. The van der Waals surface area contributed by atoms with Crippen molar-refractivity contribution < 1.29 is 13.2 Å². The van der Waals surface area contributed by atoms with Gasteiger partial charge in [0, 0.05) is 24.2 Å². The quantitative estimate of drug-likeness (QED) is 0.616. The maximum atomic E-state index is 12.9. The van der Waals surface area contributed by atoms with Gasteiger partial charge in [-0.15, -0.1) is 11.3 Å². The first kappa shape index (κ1) is 20.3. The molecule has 2 N–H and O–H groups in total. The Hall–Kier alpha value is -2.97. The summed E-state index contributed by atoms with van der Waals surface area (Å²) >= 11 is 1.35. The Morgan fingerprint density at radius 2 is 1.90 bits per heavy atom. The van der Waals surface area contributed by atoms with E-state index in [1.54, 1.807) is 12.1 Å². The number of benzene rings is 2. The second kappa shape index (κ2) is 8.41. The molecular formula is C22H21N3O3S2. The molecule has 30 heavy (non-hydrogen) atoms. The third-order valence-electron chi connectivity index (χ3n) is 4.76. The van der Waals surface area contributed by atoms with E-state index in [1.165, 1.54) is 23.5 Å². The number of amides is 1. The molecule has 0 bridgehead atoms. The summed E-state index contributed by atoms with van der Waals surface area (Å²) in [4.78, 5) is 17.7. The van der Waals surface area contributed by atoms with Crippen LogP contribution in [0.2, 0.25) is 0 Å². The smallest absolute Gasteiger partial charge is 0.266 e. The fourth-order valence-corrected chi connectivity index (χ4v) is 5.16. The molecule has 0 atom stereocenters. The average Bonchev–Trinajstić information content (AvgIpc) is 3.40. The van der Waals surface area contributed by atoms with Crippen molar-refractivity contribution in [1.29, 1.82) is 0 Å². The SMILES string of the molecule is Cc1ccc(-c2ccsc2C(=O)Nc2cccc(S(=O)(=O)NC3=NCCC3)c2)cc1. The van der Waals surface area contributed by atoms with Crippen molar-refractivity contribution in [1.82, 2.24) is 4.72 Å². The molecule has 0 aliphatic carbocycles. The molecule has 1 aromatic heterocycles. The fraction of sp³-hybridized carbons (Fsp3) is 0.182. The Kier molecular flexibility index (Phi) is 5.69. The summed E-state index contributed by atoms with van der Waals surface area (Å²) in [7, 11) is -3.74. The van der Waals surface area contributed by atoms with E-state index >= 15 is 0 Å². The van der Waals surface area contributed by atoms with Crippen molar-refractivity contribution >= 4 is 38.8 Å². The van der Waals surface area contributed by atoms with Crippen LogP contribution in [0.5, 0.6) is 0 Å². The molecule has 0 radical (unpaired) electrons. The standard InChI is InChI=1S/C22H21N3O3S2/c1-15-7-9-16(10-8-15)19-11-13-29-21(19)22(26)24-17-4-2-5-18(14-17)30(27,28)25-20-6-3-12-23-20/h2,4-5,7-11,13-14H,3,6,12H2,1H3,(H,23,25)(H,24,26). The molecule has 2 aromatic carbocycles. The highest BCUT2D eigenvalue weighted by Gasteiger charge is 2.20. The van der Waals surface area contributed by atoms with Crippen molar-refractivity contribution in [3.63, 3.8) is 0 Å². The van der Waals surface area contributed by atoms with E-state index in [-0.39, 0.29) is 10.8 Å². The van der Waals surface area contributed by atoms with Crippen molar-refractivity contribution in [2.75, 3.05) is 11.9 Å². The van der Waals surface area contributed by atoms with Crippen LogP contribution in [0, 0.1) is 6.92 Å². The van der Waals surface area contributed by atoms with Crippen LogP contribution in [-0.2, 0) is 10.0 Å². The molecule has 0 fully saturated rings. The summed E-state index contributed by atoms with van der Waals surface area (Å²) in [5.41, 5.74) is 3.38. The largest absolute Gasteiger partial charge is 0.321 e. The molecular weight excluding hydrogens is 418 g/mol. The Labute approximate surface area is 179 Å². The van der Waals surface area contributed by atoms with Crippen molar-refractivity contribution in [3.8, 4) is 11.1 Å². The number of hydrogen-bond acceptors (Lipinski definition) is 5. The van der Waals surface area contributed by atoms with E-state index in [1.807, 2.05) is 42.6 Å². The molecule has 0 unspecified atom stereocenters. The molecule has 2 heterocycles. The van der Waals surface area contributed by atoms with Crippen LogP contribution in [0.3, 0.4) is 0 Å². The van der Waals surface area contributed by atoms with Crippen LogP contribution in [0.1, 0.15) is 28.1 Å². The highest BCUT2D eigenvalue weighted by atomic mass is 32.2. The molecule has 154 valence electrons.